The molecule has 0 bridgehead atoms. The Morgan fingerprint density at radius 2 is 1.28 bits per heavy atom. The van der Waals surface area contributed by atoms with Crippen LogP contribution in [0.4, 0.5) is 0 Å². The van der Waals surface area contributed by atoms with Gasteiger partial charge in [-0.3, -0.25) is 9.83 Å². The van der Waals surface area contributed by atoms with Crippen LogP contribution in [0, 0.1) is 0 Å². The second-order valence-corrected chi connectivity index (χ2v) is 14.9. The minimum absolute atomic E-state index is 0.285. The molecule has 0 saturated heterocycles. The Bertz CT molecular complexity index is 2510. The Kier molecular flexibility index (Phi) is 11.9. The van der Waals surface area contributed by atoms with E-state index in [0.717, 1.165) is 80.8 Å². The number of hydroxylamine groups is 2. The summed E-state index contributed by atoms with van der Waals surface area (Å²) in [7, 11) is 3.10. The minimum Gasteiger partial charge on any atom is -0.465 e. The van der Waals surface area contributed by atoms with Crippen LogP contribution in [0.5, 0.6) is 0 Å². The van der Waals surface area contributed by atoms with Gasteiger partial charge in [-0.25, -0.2) is 14.5 Å². The number of allylic oxidation sites excluding steroid dienone is 2. The molecule has 0 aliphatic carbocycles. The van der Waals surface area contributed by atoms with Crippen LogP contribution in [-0.2, 0) is 21.5 Å². The number of tetrazole rings is 1. The zero-order valence-corrected chi connectivity index (χ0v) is 34.4. The molecule has 0 N–H and O–H groups in total. The molecule has 0 spiro atoms. The van der Waals surface area contributed by atoms with Gasteiger partial charge in [-0.2, -0.15) is 0 Å². The zero-order valence-electron chi connectivity index (χ0n) is 34.4. The number of hydrogen-bond donors (Lipinski definition) is 0. The van der Waals surface area contributed by atoms with Crippen LogP contribution in [0.3, 0.4) is 0 Å². The molecule has 9 heteroatoms. The van der Waals surface area contributed by atoms with Gasteiger partial charge in [0, 0.05) is 28.8 Å². The molecule has 300 valence electrons. The first kappa shape index (κ1) is 39.8. The first-order valence-corrected chi connectivity index (χ1v) is 20.4. The molecule has 1 aliphatic heterocycles. The maximum atomic E-state index is 12.3. The smallest absolute Gasteiger partial charge is 0.337 e. The molecule has 6 aromatic carbocycles. The molecule has 1 atom stereocenters. The van der Waals surface area contributed by atoms with Crippen molar-refractivity contribution in [3.8, 4) is 22.5 Å². The molecule has 0 amide bonds. The number of rotatable bonds is 14. The number of nitrogens with zero attached hydrogens (tertiary/aromatic N) is 6. The van der Waals surface area contributed by atoms with Gasteiger partial charge in [0.05, 0.1) is 25.5 Å². The quantitative estimate of drug-likeness (QED) is 0.0799. The summed E-state index contributed by atoms with van der Waals surface area (Å²) < 4.78 is 6.97. The summed E-state index contributed by atoms with van der Waals surface area (Å²) in [6.07, 6.45) is 3.09. The normalized spacial score (nSPS) is 14.2. The third kappa shape index (κ3) is 7.55. The van der Waals surface area contributed by atoms with Crippen LogP contribution >= 0.6 is 0 Å². The lowest BCUT2D eigenvalue weighted by atomic mass is 9.76. The molecule has 1 aromatic heterocycles. The number of unbranched alkanes of at least 4 members (excludes halogenated alkanes) is 1. The lowest BCUT2D eigenvalue weighted by molar-refractivity contribution is -0.130. The highest BCUT2D eigenvalue weighted by Crippen LogP contribution is 2.44. The number of ether oxygens (including phenoxy) is 1. The average molecular weight is 793 g/mol. The largest absolute Gasteiger partial charge is 0.465 e. The molecular weight excluding hydrogens is 745 g/mol. The second kappa shape index (κ2) is 17.9. The van der Waals surface area contributed by atoms with Crippen molar-refractivity contribution in [3.05, 3.63) is 208 Å². The first-order chi connectivity index (χ1) is 29.5. The van der Waals surface area contributed by atoms with E-state index in [1.807, 2.05) is 58.3 Å². The molecule has 1 unspecified atom stereocenters. The molecule has 0 saturated carbocycles. The predicted octanol–water partition coefficient (Wildman–Crippen LogP) is 10.3. The summed E-state index contributed by atoms with van der Waals surface area (Å²) in [5.41, 5.74) is 10.5. The summed E-state index contributed by atoms with van der Waals surface area (Å²) in [5, 5.41) is 16.2. The van der Waals surface area contributed by atoms with Crippen LogP contribution in [-0.4, -0.2) is 57.3 Å². The van der Waals surface area contributed by atoms with Crippen molar-refractivity contribution < 1.29 is 14.4 Å². The summed E-state index contributed by atoms with van der Waals surface area (Å²) in [6, 6.07) is 55.8. The highest BCUT2D eigenvalue weighted by atomic mass is 16.7. The number of hydrogen-bond acceptors (Lipinski definition) is 8. The fourth-order valence-electron chi connectivity index (χ4n) is 8.43. The lowest BCUT2D eigenvalue weighted by Gasteiger charge is -2.37. The van der Waals surface area contributed by atoms with E-state index in [-0.39, 0.29) is 12.1 Å². The van der Waals surface area contributed by atoms with E-state index in [0.29, 0.717) is 17.8 Å². The number of aromatic nitrogens is 4. The standard InChI is InChI=1S/C51H48N6O3/c1-5-6-27-47-46(34-37-28-30-39(31-29-37)50(58)59-3)48(52-36(2)56(47)60-4)40-32-33-44(38-19-11-7-12-20-38)45(35-40)49-53-54-55-57(49)51(41-21-13-8-14-22-41,42-23-15-9-16-24-42)43-25-17-10-18-26-43/h7-26,28-33,35-36H,5-6,27,34H2,1-4H3. The van der Waals surface area contributed by atoms with Crippen LogP contribution in [0.25, 0.3) is 22.5 Å². The Hall–Kier alpha value is -6.97. The molecule has 60 heavy (non-hydrogen) atoms. The van der Waals surface area contributed by atoms with Gasteiger partial charge in [0.15, 0.2) is 5.82 Å². The summed E-state index contributed by atoms with van der Waals surface area (Å²) in [4.78, 5) is 23.7. The SMILES string of the molecule is CCCCC1=C(Cc2ccc(C(=O)OC)cc2)C(c2ccc(-c3ccccc3)c(-c3nnnn3C(c3ccccc3)(c3ccccc3)c3ccccc3)c2)=NC(C)N1OC. The second-order valence-electron chi connectivity index (χ2n) is 14.9. The van der Waals surface area contributed by atoms with Gasteiger partial charge >= 0.3 is 5.97 Å². The van der Waals surface area contributed by atoms with E-state index >= 15 is 0 Å². The zero-order chi connectivity index (χ0) is 41.5. The number of benzene rings is 6. The topological polar surface area (TPSA) is 94.7 Å². The van der Waals surface area contributed by atoms with Gasteiger partial charge in [-0.15, -0.1) is 5.10 Å². The summed E-state index contributed by atoms with van der Waals surface area (Å²) in [5.74, 6) is 0.235. The predicted molar refractivity (Wildman–Crippen MR) is 236 cm³/mol. The van der Waals surface area contributed by atoms with E-state index in [1.54, 1.807) is 7.11 Å². The Morgan fingerprint density at radius 1 is 0.700 bits per heavy atom. The van der Waals surface area contributed by atoms with E-state index in [4.69, 9.17) is 24.9 Å². The Labute approximate surface area is 351 Å². The Morgan fingerprint density at radius 3 is 1.83 bits per heavy atom. The molecule has 9 nitrogen and oxygen atoms in total. The third-order valence-corrected chi connectivity index (χ3v) is 11.3. The molecule has 2 heterocycles. The Balaban J connectivity index is 1.37. The lowest BCUT2D eigenvalue weighted by Crippen LogP contribution is -2.39. The first-order valence-electron chi connectivity index (χ1n) is 20.4. The fourth-order valence-corrected chi connectivity index (χ4v) is 8.43. The van der Waals surface area contributed by atoms with Gasteiger partial charge in [-0.1, -0.05) is 159 Å². The van der Waals surface area contributed by atoms with Crippen LogP contribution in [0.15, 0.2) is 180 Å². The minimum atomic E-state index is -0.947. The molecule has 8 rings (SSSR count). The van der Waals surface area contributed by atoms with Crippen LogP contribution < -0.4 is 0 Å². The van der Waals surface area contributed by atoms with Gasteiger partial charge in [-0.05, 0) is 81.8 Å². The van der Waals surface area contributed by atoms with Gasteiger partial charge < -0.3 is 4.74 Å². The van der Waals surface area contributed by atoms with Gasteiger partial charge in [0.25, 0.3) is 0 Å². The van der Waals surface area contributed by atoms with E-state index in [1.165, 1.54) is 7.11 Å². The van der Waals surface area contributed by atoms with Crippen molar-refractivity contribution in [1.29, 1.82) is 0 Å². The highest BCUT2D eigenvalue weighted by molar-refractivity contribution is 6.14. The summed E-state index contributed by atoms with van der Waals surface area (Å²) >= 11 is 0. The van der Waals surface area contributed by atoms with Crippen LogP contribution in [0.1, 0.15) is 71.3 Å². The summed E-state index contributed by atoms with van der Waals surface area (Å²) in [6.45, 7) is 4.26. The van der Waals surface area contributed by atoms with Crippen molar-refractivity contribution in [2.24, 2.45) is 4.99 Å². The number of esters is 1. The van der Waals surface area contributed by atoms with Crippen molar-refractivity contribution >= 4 is 11.7 Å². The highest BCUT2D eigenvalue weighted by Gasteiger charge is 2.42. The molecule has 0 radical (unpaired) electrons. The molecular formula is C51H48N6O3. The maximum Gasteiger partial charge on any atom is 0.337 e. The van der Waals surface area contributed by atoms with Crippen LogP contribution in [0.2, 0.25) is 0 Å². The van der Waals surface area contributed by atoms with Crippen molar-refractivity contribution in [2.75, 3.05) is 14.2 Å². The number of carbonyl (C=O) groups is 1. The van der Waals surface area contributed by atoms with Gasteiger partial charge in [0.2, 0.25) is 0 Å². The third-order valence-electron chi connectivity index (χ3n) is 11.3. The van der Waals surface area contributed by atoms with E-state index in [2.05, 4.69) is 134 Å². The monoisotopic (exact) mass is 792 g/mol. The fraction of sp³-hybridized carbons (Fsp3) is 0.196. The van der Waals surface area contributed by atoms with Gasteiger partial charge in [0.1, 0.15) is 11.7 Å². The van der Waals surface area contributed by atoms with Crippen molar-refractivity contribution in [1.82, 2.24) is 25.3 Å². The van der Waals surface area contributed by atoms with Crippen molar-refractivity contribution in [3.63, 3.8) is 0 Å². The molecule has 1 aliphatic rings. The van der Waals surface area contributed by atoms with Crippen molar-refractivity contribution in [2.45, 2.75) is 51.2 Å². The molecule has 0 fully saturated rings. The number of aliphatic imine (C=N–C) groups is 1. The van der Waals surface area contributed by atoms with E-state index < -0.39 is 5.54 Å². The van der Waals surface area contributed by atoms with E-state index in [9.17, 15) is 4.79 Å². The molecule has 7 aromatic rings. The number of carbonyl (C=O) groups excluding carboxylic acids is 1. The number of methoxy groups -OCH3 is 1. The maximum absolute atomic E-state index is 12.3. The average Bonchev–Trinajstić information content (AvgIpc) is 3.80.